The first-order valence-corrected chi connectivity index (χ1v) is 8.22. The Morgan fingerprint density at radius 1 is 1.05 bits per heavy atom. The van der Waals surface area contributed by atoms with Crippen molar-refractivity contribution in [2.24, 2.45) is 0 Å². The molecule has 0 aliphatic heterocycles. The Balaban J connectivity index is 3.53. The van der Waals surface area contributed by atoms with E-state index < -0.39 is 24.5 Å². The molecule has 0 spiro atoms. The number of aliphatic hydroxyl groups is 1. The van der Waals surface area contributed by atoms with E-state index in [0.717, 1.165) is 12.8 Å². The average molecular weight is 314 g/mol. The molecule has 128 valence electrons. The molecule has 0 aliphatic carbocycles. The Labute approximate surface area is 133 Å². The zero-order valence-corrected chi connectivity index (χ0v) is 13.7. The van der Waals surface area contributed by atoms with Crippen LogP contribution in [0.15, 0.2) is 12.2 Å². The molecule has 1 unspecified atom stereocenters. The van der Waals surface area contributed by atoms with Gasteiger partial charge in [0.25, 0.3) is 0 Å². The quantitative estimate of drug-likeness (QED) is 0.291. The summed E-state index contributed by atoms with van der Waals surface area (Å²) < 4.78 is 4.84. The molecule has 5 nitrogen and oxygen atoms in total. The van der Waals surface area contributed by atoms with Crippen LogP contribution in [0, 0.1) is 0 Å². The van der Waals surface area contributed by atoms with Crippen molar-refractivity contribution in [1.82, 2.24) is 0 Å². The molecule has 0 rings (SSSR count). The molecule has 0 saturated carbocycles. The van der Waals surface area contributed by atoms with Crippen LogP contribution in [0.4, 0.5) is 0 Å². The predicted octanol–water partition coefficient (Wildman–Crippen LogP) is 3.45. The lowest BCUT2D eigenvalue weighted by atomic mass is 10.1. The molecule has 1 atom stereocenters. The molecular formula is C17H30O5. The van der Waals surface area contributed by atoms with E-state index in [-0.39, 0.29) is 12.2 Å². The summed E-state index contributed by atoms with van der Waals surface area (Å²) in [5.74, 6) is -1.88. The molecule has 0 fully saturated rings. The predicted molar refractivity (Wildman–Crippen MR) is 85.6 cm³/mol. The fraction of sp³-hybridized carbons (Fsp3) is 0.765. The van der Waals surface area contributed by atoms with Gasteiger partial charge < -0.3 is 14.9 Å². The van der Waals surface area contributed by atoms with Gasteiger partial charge in [0.15, 0.2) is 0 Å². The number of hydrogen-bond donors (Lipinski definition) is 2. The number of carbonyl (C=O) groups excluding carboxylic acids is 1. The molecule has 0 saturated heterocycles. The van der Waals surface area contributed by atoms with Gasteiger partial charge in [0, 0.05) is 5.57 Å². The van der Waals surface area contributed by atoms with Crippen LogP contribution in [0.2, 0.25) is 0 Å². The molecule has 0 aromatic carbocycles. The highest BCUT2D eigenvalue weighted by molar-refractivity contribution is 5.92. The zero-order chi connectivity index (χ0) is 16.8. The van der Waals surface area contributed by atoms with Crippen LogP contribution < -0.4 is 0 Å². The minimum Gasteiger partial charge on any atom is -0.481 e. The van der Waals surface area contributed by atoms with Crippen LogP contribution in [-0.4, -0.2) is 34.9 Å². The number of esters is 1. The summed E-state index contributed by atoms with van der Waals surface area (Å²) in [6.07, 6.45) is 8.98. The number of unbranched alkanes of at least 4 members (excludes halogenated alkanes) is 7. The Morgan fingerprint density at radius 2 is 1.59 bits per heavy atom. The fourth-order valence-electron chi connectivity index (χ4n) is 2.13. The van der Waals surface area contributed by atoms with Gasteiger partial charge in [-0.1, -0.05) is 64.9 Å². The van der Waals surface area contributed by atoms with Gasteiger partial charge in [0.2, 0.25) is 0 Å². The van der Waals surface area contributed by atoms with Crippen molar-refractivity contribution in [2.45, 2.75) is 77.2 Å². The zero-order valence-electron chi connectivity index (χ0n) is 13.7. The van der Waals surface area contributed by atoms with E-state index >= 15 is 0 Å². The number of carbonyl (C=O) groups is 2. The number of rotatable bonds is 14. The third-order valence-electron chi connectivity index (χ3n) is 3.45. The number of hydrogen-bond acceptors (Lipinski definition) is 4. The van der Waals surface area contributed by atoms with Gasteiger partial charge in [0.05, 0.1) is 12.5 Å². The highest BCUT2D eigenvalue weighted by Gasteiger charge is 2.14. The van der Waals surface area contributed by atoms with Crippen molar-refractivity contribution in [1.29, 1.82) is 0 Å². The monoisotopic (exact) mass is 314 g/mol. The van der Waals surface area contributed by atoms with Crippen LogP contribution >= 0.6 is 0 Å². The number of carboxylic acids is 1. The van der Waals surface area contributed by atoms with Crippen molar-refractivity contribution in [3.8, 4) is 0 Å². The third kappa shape index (κ3) is 12.4. The highest BCUT2D eigenvalue weighted by atomic mass is 16.5. The number of aliphatic hydroxyl groups excluding tert-OH is 1. The molecule has 2 N–H and O–H groups in total. The lowest BCUT2D eigenvalue weighted by molar-refractivity contribution is -0.144. The minimum atomic E-state index is -1.12. The SMILES string of the molecule is C=C(CC(=O)O)C(=O)OCC(O)CCCCCCCCCC. The van der Waals surface area contributed by atoms with E-state index in [1.165, 1.54) is 38.5 Å². The Hall–Kier alpha value is -1.36. The smallest absolute Gasteiger partial charge is 0.334 e. The van der Waals surface area contributed by atoms with Gasteiger partial charge >= 0.3 is 11.9 Å². The molecule has 22 heavy (non-hydrogen) atoms. The maximum absolute atomic E-state index is 11.4. The van der Waals surface area contributed by atoms with Gasteiger partial charge in [-0.05, 0) is 6.42 Å². The van der Waals surface area contributed by atoms with E-state index in [4.69, 9.17) is 9.84 Å². The first kappa shape index (κ1) is 20.6. The maximum Gasteiger partial charge on any atom is 0.334 e. The average Bonchev–Trinajstić information content (AvgIpc) is 2.46. The molecule has 0 aliphatic rings. The topological polar surface area (TPSA) is 83.8 Å². The van der Waals surface area contributed by atoms with Gasteiger partial charge in [0.1, 0.15) is 6.61 Å². The number of ether oxygens (including phenoxy) is 1. The van der Waals surface area contributed by atoms with E-state index in [0.29, 0.717) is 6.42 Å². The highest BCUT2D eigenvalue weighted by Crippen LogP contribution is 2.11. The van der Waals surface area contributed by atoms with Crippen LogP contribution in [0.5, 0.6) is 0 Å². The largest absolute Gasteiger partial charge is 0.481 e. The molecule has 0 amide bonds. The standard InChI is InChI=1S/C17H30O5/c1-3-4-5-6-7-8-9-10-11-15(18)13-22-17(21)14(2)12-16(19)20/h15,18H,2-13H2,1H3,(H,19,20). The van der Waals surface area contributed by atoms with Crippen molar-refractivity contribution in [2.75, 3.05) is 6.61 Å². The first-order valence-electron chi connectivity index (χ1n) is 8.22. The molecule has 0 radical (unpaired) electrons. The molecule has 0 aromatic heterocycles. The lowest BCUT2D eigenvalue weighted by Crippen LogP contribution is -2.20. The normalized spacial score (nSPS) is 11.9. The summed E-state index contributed by atoms with van der Waals surface area (Å²) in [6.45, 7) is 5.45. The number of carboxylic acid groups (broad SMARTS) is 1. The van der Waals surface area contributed by atoms with Gasteiger partial charge in [-0.2, -0.15) is 0 Å². The Bertz CT molecular complexity index is 338. The van der Waals surface area contributed by atoms with E-state index in [1.54, 1.807) is 0 Å². The van der Waals surface area contributed by atoms with Crippen molar-refractivity contribution in [3.05, 3.63) is 12.2 Å². The summed E-state index contributed by atoms with van der Waals surface area (Å²) in [5, 5.41) is 18.2. The van der Waals surface area contributed by atoms with Crippen LogP contribution in [0.1, 0.15) is 71.1 Å². The van der Waals surface area contributed by atoms with Gasteiger partial charge in [-0.3, -0.25) is 4.79 Å². The number of aliphatic carboxylic acids is 1. The summed E-state index contributed by atoms with van der Waals surface area (Å²) in [7, 11) is 0. The summed E-state index contributed by atoms with van der Waals surface area (Å²) in [4.78, 5) is 21.8. The third-order valence-corrected chi connectivity index (χ3v) is 3.45. The van der Waals surface area contributed by atoms with Crippen molar-refractivity contribution >= 4 is 11.9 Å². The Morgan fingerprint density at radius 3 is 2.14 bits per heavy atom. The van der Waals surface area contributed by atoms with Crippen molar-refractivity contribution < 1.29 is 24.5 Å². The maximum atomic E-state index is 11.4. The second kappa shape index (κ2) is 13.3. The minimum absolute atomic E-state index is 0.103. The van der Waals surface area contributed by atoms with Gasteiger partial charge in [-0.15, -0.1) is 0 Å². The van der Waals surface area contributed by atoms with Crippen LogP contribution in [-0.2, 0) is 14.3 Å². The second-order valence-electron chi connectivity index (χ2n) is 5.69. The van der Waals surface area contributed by atoms with Crippen LogP contribution in [0.3, 0.4) is 0 Å². The Kier molecular flexibility index (Phi) is 12.5. The fourth-order valence-corrected chi connectivity index (χ4v) is 2.13. The molecule has 0 aromatic rings. The molecule has 5 heteroatoms. The molecule has 0 heterocycles. The first-order chi connectivity index (χ1) is 10.5. The van der Waals surface area contributed by atoms with E-state index in [1.807, 2.05) is 0 Å². The molecular weight excluding hydrogens is 284 g/mol. The summed E-state index contributed by atoms with van der Waals surface area (Å²) >= 11 is 0. The van der Waals surface area contributed by atoms with Crippen molar-refractivity contribution in [3.63, 3.8) is 0 Å². The summed E-state index contributed by atoms with van der Waals surface area (Å²) in [5.41, 5.74) is -0.105. The lowest BCUT2D eigenvalue weighted by Gasteiger charge is -2.11. The van der Waals surface area contributed by atoms with Crippen LogP contribution in [0.25, 0.3) is 0 Å². The molecule has 0 bridgehead atoms. The summed E-state index contributed by atoms with van der Waals surface area (Å²) in [6, 6.07) is 0. The van der Waals surface area contributed by atoms with E-state index in [2.05, 4.69) is 13.5 Å². The van der Waals surface area contributed by atoms with Gasteiger partial charge in [-0.25, -0.2) is 4.79 Å². The second-order valence-corrected chi connectivity index (χ2v) is 5.69. The van der Waals surface area contributed by atoms with E-state index in [9.17, 15) is 14.7 Å².